The van der Waals surface area contributed by atoms with E-state index in [9.17, 15) is 21.6 Å². The van der Waals surface area contributed by atoms with Crippen LogP contribution in [-0.4, -0.2) is 61.1 Å². The number of carbonyl (C=O) groups excluding carboxylic acids is 1. The minimum atomic E-state index is -4.31. The average Bonchev–Trinajstić information content (AvgIpc) is 3.29. The van der Waals surface area contributed by atoms with Crippen molar-refractivity contribution in [3.8, 4) is 0 Å². The van der Waals surface area contributed by atoms with Crippen LogP contribution in [0.25, 0.3) is 10.9 Å². The van der Waals surface area contributed by atoms with Gasteiger partial charge in [0.15, 0.2) is 5.03 Å². The van der Waals surface area contributed by atoms with Crippen molar-refractivity contribution in [1.29, 1.82) is 0 Å². The molecule has 1 saturated heterocycles. The van der Waals surface area contributed by atoms with Crippen LogP contribution in [0.15, 0.2) is 93.3 Å². The molecule has 1 fully saturated rings. The molecule has 4 aromatic rings. The third kappa shape index (κ3) is 5.02. The minimum absolute atomic E-state index is 0.00259. The number of amides is 1. The number of hydrogen-bond acceptors (Lipinski definition) is 5. The minimum Gasteiger partial charge on any atom is -0.331 e. The van der Waals surface area contributed by atoms with Crippen molar-refractivity contribution >= 4 is 64.4 Å². The number of piperazine rings is 1. The first kappa shape index (κ1) is 27.9. The zero-order valence-electron chi connectivity index (χ0n) is 21.0. The molecule has 12 heteroatoms. The Morgan fingerprint density at radius 3 is 2.08 bits per heavy atom. The van der Waals surface area contributed by atoms with E-state index in [-0.39, 0.29) is 34.4 Å². The summed E-state index contributed by atoms with van der Waals surface area (Å²) >= 11 is 9.53. The number of aromatic nitrogens is 1. The highest BCUT2D eigenvalue weighted by Crippen LogP contribution is 2.33. The standard InChI is InChI=1S/C27H25BrClN3O5S2/c1-18-16-30(17-19(2)31(18)27(33)20-8-10-22(28)11-9-20)39(36,37)26-15-21-14-23(29)12-13-25(21)32(26)38(34,35)24-6-4-3-5-7-24/h3-15,18-19H,16-17H2,1-2H3/t18-,19+. The number of fused-ring (bicyclic) bond motifs is 1. The zero-order chi connectivity index (χ0) is 28.1. The number of rotatable bonds is 5. The van der Waals surface area contributed by atoms with Gasteiger partial charge in [0.25, 0.3) is 26.0 Å². The molecule has 2 atom stereocenters. The van der Waals surface area contributed by atoms with Crippen molar-refractivity contribution in [2.24, 2.45) is 0 Å². The Morgan fingerprint density at radius 1 is 0.846 bits per heavy atom. The molecule has 204 valence electrons. The second kappa shape index (κ2) is 10.4. The maximum atomic E-state index is 14.1. The third-order valence-corrected chi connectivity index (χ3v) is 11.2. The molecule has 1 aliphatic rings. The maximum Gasteiger partial charge on any atom is 0.269 e. The van der Waals surface area contributed by atoms with Crippen LogP contribution in [0, 0.1) is 0 Å². The Kier molecular flexibility index (Phi) is 7.40. The van der Waals surface area contributed by atoms with Gasteiger partial charge in [-0.2, -0.15) is 4.31 Å². The first-order valence-corrected chi connectivity index (χ1v) is 16.2. The monoisotopic (exact) mass is 649 g/mol. The molecule has 8 nitrogen and oxygen atoms in total. The van der Waals surface area contributed by atoms with Gasteiger partial charge >= 0.3 is 0 Å². The fourth-order valence-corrected chi connectivity index (χ4v) is 9.13. The number of hydrogen-bond donors (Lipinski definition) is 0. The third-order valence-electron chi connectivity index (χ3n) is 6.78. The molecule has 0 N–H and O–H groups in total. The fourth-order valence-electron chi connectivity index (χ4n) is 5.01. The summed E-state index contributed by atoms with van der Waals surface area (Å²) in [4.78, 5) is 14.9. The van der Waals surface area contributed by atoms with E-state index in [4.69, 9.17) is 11.6 Å². The van der Waals surface area contributed by atoms with Crippen LogP contribution in [0.4, 0.5) is 0 Å². The van der Waals surface area contributed by atoms with Crippen LogP contribution in [-0.2, 0) is 20.0 Å². The van der Waals surface area contributed by atoms with E-state index in [1.165, 1.54) is 40.7 Å². The molecule has 1 aliphatic heterocycles. The van der Waals surface area contributed by atoms with E-state index in [2.05, 4.69) is 15.9 Å². The molecule has 1 aromatic heterocycles. The molecule has 0 bridgehead atoms. The summed E-state index contributed by atoms with van der Waals surface area (Å²) in [6, 6.07) is 19.6. The lowest BCUT2D eigenvalue weighted by Gasteiger charge is -2.43. The largest absolute Gasteiger partial charge is 0.331 e. The highest BCUT2D eigenvalue weighted by atomic mass is 79.9. The highest BCUT2D eigenvalue weighted by Gasteiger charge is 2.41. The van der Waals surface area contributed by atoms with Crippen molar-refractivity contribution in [1.82, 2.24) is 13.2 Å². The molecule has 3 aromatic carbocycles. The van der Waals surface area contributed by atoms with Gasteiger partial charge in [0.1, 0.15) is 0 Å². The van der Waals surface area contributed by atoms with Gasteiger partial charge in [-0.15, -0.1) is 0 Å². The van der Waals surface area contributed by atoms with Crippen molar-refractivity contribution in [3.63, 3.8) is 0 Å². The molecular weight excluding hydrogens is 626 g/mol. The van der Waals surface area contributed by atoms with Crippen molar-refractivity contribution in [3.05, 3.63) is 93.9 Å². The molecule has 0 saturated carbocycles. The van der Waals surface area contributed by atoms with Crippen molar-refractivity contribution in [2.75, 3.05) is 13.1 Å². The first-order valence-electron chi connectivity index (χ1n) is 12.1. The highest BCUT2D eigenvalue weighted by molar-refractivity contribution is 9.10. The summed E-state index contributed by atoms with van der Waals surface area (Å²) in [5, 5.41) is 0.351. The van der Waals surface area contributed by atoms with E-state index >= 15 is 0 Å². The van der Waals surface area contributed by atoms with Gasteiger partial charge in [0.2, 0.25) is 0 Å². The normalized spacial score (nSPS) is 18.9. The van der Waals surface area contributed by atoms with Crippen LogP contribution >= 0.6 is 27.5 Å². The Labute approximate surface area is 241 Å². The summed E-state index contributed by atoms with van der Waals surface area (Å²) in [6.45, 7) is 3.57. The average molecular weight is 651 g/mol. The predicted molar refractivity (Wildman–Crippen MR) is 154 cm³/mol. The van der Waals surface area contributed by atoms with Crippen LogP contribution in [0.1, 0.15) is 24.2 Å². The summed E-state index contributed by atoms with van der Waals surface area (Å²) in [7, 11) is -8.59. The lowest BCUT2D eigenvalue weighted by molar-refractivity contribution is 0.0440. The molecular formula is C27H25BrClN3O5S2. The maximum absolute atomic E-state index is 14.1. The molecule has 0 aliphatic carbocycles. The number of benzene rings is 3. The fraction of sp³-hybridized carbons (Fsp3) is 0.222. The van der Waals surface area contributed by atoms with E-state index in [0.717, 1.165) is 8.45 Å². The quantitative estimate of drug-likeness (QED) is 0.295. The SMILES string of the molecule is C[C@@H]1CN(S(=O)(=O)c2cc3cc(Cl)ccc3n2S(=O)(=O)c2ccccc2)C[C@H](C)N1C(=O)c1ccc(Br)cc1. The van der Waals surface area contributed by atoms with Crippen molar-refractivity contribution < 1.29 is 21.6 Å². The van der Waals surface area contributed by atoms with E-state index in [1.54, 1.807) is 61.2 Å². The second-order valence-electron chi connectivity index (χ2n) is 9.51. The lowest BCUT2D eigenvalue weighted by atomic mass is 10.1. The number of sulfonamides is 1. The Hall–Kier alpha value is -2.70. The molecule has 0 unspecified atom stereocenters. The number of halogens is 2. The number of nitrogens with zero attached hydrogens (tertiary/aromatic N) is 3. The van der Waals surface area contributed by atoms with Crippen LogP contribution < -0.4 is 0 Å². The molecule has 0 spiro atoms. The smallest absolute Gasteiger partial charge is 0.269 e. The Balaban J connectivity index is 1.56. The molecule has 5 rings (SSSR count). The Morgan fingerprint density at radius 2 is 1.46 bits per heavy atom. The van der Waals surface area contributed by atoms with Gasteiger partial charge in [0.05, 0.1) is 10.4 Å². The van der Waals surface area contributed by atoms with Gasteiger partial charge in [-0.25, -0.2) is 20.8 Å². The summed E-state index contributed by atoms with van der Waals surface area (Å²) < 4.78 is 58.8. The summed E-state index contributed by atoms with van der Waals surface area (Å²) in [5.74, 6) is -0.199. The predicted octanol–water partition coefficient (Wildman–Crippen LogP) is 5.22. The van der Waals surface area contributed by atoms with Crippen LogP contribution in [0.5, 0.6) is 0 Å². The summed E-state index contributed by atoms with van der Waals surface area (Å²) in [6.07, 6.45) is 0. The Bertz CT molecular complexity index is 1760. The molecule has 2 heterocycles. The second-order valence-corrected chi connectivity index (χ2v) is 14.5. The topological polar surface area (TPSA) is 96.8 Å². The van der Waals surface area contributed by atoms with E-state index < -0.39 is 32.1 Å². The zero-order valence-corrected chi connectivity index (χ0v) is 25.0. The first-order chi connectivity index (χ1) is 18.4. The van der Waals surface area contributed by atoms with Gasteiger partial charge in [-0.1, -0.05) is 45.7 Å². The van der Waals surface area contributed by atoms with Crippen LogP contribution in [0.3, 0.4) is 0 Å². The molecule has 39 heavy (non-hydrogen) atoms. The molecule has 0 radical (unpaired) electrons. The van der Waals surface area contributed by atoms with Gasteiger partial charge in [-0.3, -0.25) is 4.79 Å². The number of carbonyl (C=O) groups is 1. The van der Waals surface area contributed by atoms with E-state index in [0.29, 0.717) is 16.0 Å². The van der Waals surface area contributed by atoms with Gasteiger partial charge < -0.3 is 4.90 Å². The van der Waals surface area contributed by atoms with Gasteiger partial charge in [0, 0.05) is 45.6 Å². The summed E-state index contributed by atoms with van der Waals surface area (Å²) in [5.41, 5.74) is 0.700. The van der Waals surface area contributed by atoms with Gasteiger partial charge in [-0.05, 0) is 74.5 Å². The molecule has 1 amide bonds. The van der Waals surface area contributed by atoms with Crippen LogP contribution in [0.2, 0.25) is 5.02 Å². The lowest BCUT2D eigenvalue weighted by Crippen LogP contribution is -2.59. The van der Waals surface area contributed by atoms with E-state index in [1.807, 2.05) is 0 Å². The van der Waals surface area contributed by atoms with Crippen molar-refractivity contribution in [2.45, 2.75) is 35.9 Å².